The Morgan fingerprint density at radius 1 is 1.36 bits per heavy atom. The molecule has 2 rings (SSSR count). The number of sulfonamides is 1. The van der Waals surface area contributed by atoms with Gasteiger partial charge in [-0.05, 0) is 39.8 Å². The molecule has 0 amide bonds. The maximum absolute atomic E-state index is 14.3. The smallest absolute Gasteiger partial charge is 0.246 e. The van der Waals surface area contributed by atoms with Crippen molar-refractivity contribution in [3.8, 4) is 5.75 Å². The molecule has 0 radical (unpaired) electrons. The van der Waals surface area contributed by atoms with Crippen molar-refractivity contribution in [1.29, 1.82) is 0 Å². The summed E-state index contributed by atoms with van der Waals surface area (Å²) < 4.78 is 46.5. The molecule has 0 unspecified atom stereocenters. The standard InChI is InChI=1S/C15H23FN2O3S/c1-11-10-17-7-8-18(11)22(19,20)14-6-5-12(9-13(14)16)21-15(2,3)4/h5-6,9,11,17H,7-8,10H2,1-4H3/t11-/m1/s1. The van der Waals surface area contributed by atoms with Gasteiger partial charge in [-0.15, -0.1) is 0 Å². The van der Waals surface area contributed by atoms with Crippen LogP contribution in [0.25, 0.3) is 0 Å². The number of hydrogen-bond acceptors (Lipinski definition) is 4. The Bertz CT molecular complexity index is 641. The minimum atomic E-state index is -3.84. The predicted molar refractivity (Wildman–Crippen MR) is 83.0 cm³/mol. The molecule has 124 valence electrons. The molecule has 22 heavy (non-hydrogen) atoms. The third-order valence-corrected chi connectivity index (χ3v) is 5.40. The molecule has 1 aromatic carbocycles. The maximum Gasteiger partial charge on any atom is 0.246 e. The summed E-state index contributed by atoms with van der Waals surface area (Å²) in [5.74, 6) is -0.468. The average molecular weight is 330 g/mol. The first-order chi connectivity index (χ1) is 10.1. The highest BCUT2D eigenvalue weighted by atomic mass is 32.2. The molecule has 0 bridgehead atoms. The SMILES string of the molecule is C[C@@H]1CNCCN1S(=O)(=O)c1ccc(OC(C)(C)C)cc1F. The van der Waals surface area contributed by atoms with Crippen LogP contribution in [0.2, 0.25) is 0 Å². The van der Waals surface area contributed by atoms with E-state index in [2.05, 4.69) is 5.32 Å². The van der Waals surface area contributed by atoms with E-state index in [0.717, 1.165) is 6.07 Å². The molecular formula is C15H23FN2O3S. The second kappa shape index (κ2) is 6.14. The van der Waals surface area contributed by atoms with Gasteiger partial charge in [0.25, 0.3) is 0 Å². The maximum atomic E-state index is 14.3. The summed E-state index contributed by atoms with van der Waals surface area (Å²) in [6.07, 6.45) is 0. The monoisotopic (exact) mass is 330 g/mol. The van der Waals surface area contributed by atoms with Crippen molar-refractivity contribution in [2.45, 2.75) is 44.2 Å². The number of nitrogens with one attached hydrogen (secondary N) is 1. The predicted octanol–water partition coefficient (Wildman–Crippen LogP) is 1.99. The fraction of sp³-hybridized carbons (Fsp3) is 0.600. The first-order valence-corrected chi connectivity index (χ1v) is 8.76. The highest BCUT2D eigenvalue weighted by molar-refractivity contribution is 7.89. The van der Waals surface area contributed by atoms with Gasteiger partial charge in [0.15, 0.2) is 0 Å². The Balaban J connectivity index is 2.32. The van der Waals surface area contributed by atoms with E-state index < -0.39 is 21.4 Å². The van der Waals surface area contributed by atoms with Crippen molar-refractivity contribution in [1.82, 2.24) is 9.62 Å². The van der Waals surface area contributed by atoms with Gasteiger partial charge in [-0.2, -0.15) is 4.31 Å². The van der Waals surface area contributed by atoms with Crippen LogP contribution in [-0.2, 0) is 10.0 Å². The van der Waals surface area contributed by atoms with E-state index in [9.17, 15) is 12.8 Å². The van der Waals surface area contributed by atoms with Crippen molar-refractivity contribution in [2.24, 2.45) is 0 Å². The molecule has 7 heteroatoms. The van der Waals surface area contributed by atoms with Crippen LogP contribution in [0.15, 0.2) is 23.1 Å². The molecule has 1 aromatic rings. The zero-order valence-electron chi connectivity index (χ0n) is 13.4. The van der Waals surface area contributed by atoms with E-state index >= 15 is 0 Å². The number of benzene rings is 1. The quantitative estimate of drug-likeness (QED) is 0.921. The normalized spacial score (nSPS) is 20.9. The number of halogens is 1. The zero-order valence-corrected chi connectivity index (χ0v) is 14.2. The first-order valence-electron chi connectivity index (χ1n) is 7.32. The van der Waals surface area contributed by atoms with E-state index in [1.54, 1.807) is 6.92 Å². The minimum Gasteiger partial charge on any atom is -0.488 e. The lowest BCUT2D eigenvalue weighted by Crippen LogP contribution is -2.52. The van der Waals surface area contributed by atoms with E-state index in [-0.39, 0.29) is 10.9 Å². The molecule has 0 aromatic heterocycles. The van der Waals surface area contributed by atoms with Gasteiger partial charge < -0.3 is 10.1 Å². The molecule has 1 saturated heterocycles. The summed E-state index contributed by atoms with van der Waals surface area (Å²) in [7, 11) is -3.84. The van der Waals surface area contributed by atoms with Crippen LogP contribution in [0.4, 0.5) is 4.39 Å². The van der Waals surface area contributed by atoms with Crippen molar-refractivity contribution in [3.05, 3.63) is 24.0 Å². The summed E-state index contributed by atoms with van der Waals surface area (Å²) >= 11 is 0. The molecular weight excluding hydrogens is 307 g/mol. The summed E-state index contributed by atoms with van der Waals surface area (Å²) in [5.41, 5.74) is -0.472. The number of piperazine rings is 1. The summed E-state index contributed by atoms with van der Waals surface area (Å²) in [5, 5.41) is 3.12. The molecule has 0 saturated carbocycles. The number of rotatable bonds is 3. The topological polar surface area (TPSA) is 58.6 Å². The average Bonchev–Trinajstić information content (AvgIpc) is 2.36. The lowest BCUT2D eigenvalue weighted by molar-refractivity contribution is 0.130. The zero-order chi connectivity index (χ0) is 16.5. The van der Waals surface area contributed by atoms with Gasteiger partial charge in [-0.25, -0.2) is 12.8 Å². The Hall–Kier alpha value is -1.18. The van der Waals surface area contributed by atoms with Gasteiger partial charge in [0.05, 0.1) is 0 Å². The van der Waals surface area contributed by atoms with Crippen LogP contribution >= 0.6 is 0 Å². The fourth-order valence-corrected chi connectivity index (χ4v) is 4.09. The highest BCUT2D eigenvalue weighted by Gasteiger charge is 2.33. The highest BCUT2D eigenvalue weighted by Crippen LogP contribution is 2.27. The summed E-state index contributed by atoms with van der Waals surface area (Å²) in [6.45, 7) is 8.80. The number of ether oxygens (including phenoxy) is 1. The first kappa shape index (κ1) is 17.2. The Morgan fingerprint density at radius 2 is 2.05 bits per heavy atom. The van der Waals surface area contributed by atoms with E-state index in [1.807, 2.05) is 20.8 Å². The van der Waals surface area contributed by atoms with Crippen LogP contribution in [0.5, 0.6) is 5.75 Å². The number of hydrogen-bond donors (Lipinski definition) is 1. The molecule has 1 atom stereocenters. The second-order valence-corrected chi connectivity index (χ2v) is 8.33. The van der Waals surface area contributed by atoms with Crippen molar-refractivity contribution in [2.75, 3.05) is 19.6 Å². The molecule has 1 aliphatic heterocycles. The Labute approximate surface area is 131 Å². The molecule has 0 spiro atoms. The molecule has 1 N–H and O–H groups in total. The van der Waals surface area contributed by atoms with Crippen molar-refractivity contribution in [3.63, 3.8) is 0 Å². The largest absolute Gasteiger partial charge is 0.488 e. The summed E-state index contributed by atoms with van der Waals surface area (Å²) in [6, 6.07) is 3.70. The van der Waals surface area contributed by atoms with E-state index in [0.29, 0.717) is 25.4 Å². The molecule has 1 fully saturated rings. The molecule has 1 heterocycles. The van der Waals surface area contributed by atoms with Crippen LogP contribution in [0.3, 0.4) is 0 Å². The van der Waals surface area contributed by atoms with Gasteiger partial charge in [-0.1, -0.05) is 0 Å². The van der Waals surface area contributed by atoms with E-state index in [4.69, 9.17) is 4.74 Å². The molecule has 5 nitrogen and oxygen atoms in total. The lowest BCUT2D eigenvalue weighted by atomic mass is 10.2. The van der Waals surface area contributed by atoms with Gasteiger partial charge in [0.1, 0.15) is 22.1 Å². The fourth-order valence-electron chi connectivity index (χ4n) is 2.41. The van der Waals surface area contributed by atoms with Crippen molar-refractivity contribution >= 4 is 10.0 Å². The third-order valence-electron chi connectivity index (χ3n) is 3.35. The van der Waals surface area contributed by atoms with Crippen LogP contribution in [-0.4, -0.2) is 44.0 Å². The lowest BCUT2D eigenvalue weighted by Gasteiger charge is -2.33. The molecule has 0 aliphatic carbocycles. The number of nitrogens with zero attached hydrogens (tertiary/aromatic N) is 1. The van der Waals surface area contributed by atoms with Crippen molar-refractivity contribution < 1.29 is 17.5 Å². The summed E-state index contributed by atoms with van der Waals surface area (Å²) in [4.78, 5) is -0.303. The van der Waals surface area contributed by atoms with Crippen LogP contribution in [0, 0.1) is 5.82 Å². The van der Waals surface area contributed by atoms with Crippen LogP contribution in [0.1, 0.15) is 27.7 Å². The van der Waals surface area contributed by atoms with Gasteiger partial charge in [0, 0.05) is 31.7 Å². The van der Waals surface area contributed by atoms with Gasteiger partial charge >= 0.3 is 0 Å². The molecule has 1 aliphatic rings. The minimum absolute atomic E-state index is 0.205. The van der Waals surface area contributed by atoms with Gasteiger partial charge in [-0.3, -0.25) is 0 Å². The Morgan fingerprint density at radius 3 is 2.59 bits per heavy atom. The third kappa shape index (κ3) is 3.77. The second-order valence-electron chi connectivity index (χ2n) is 6.48. The van der Waals surface area contributed by atoms with Gasteiger partial charge in [0.2, 0.25) is 10.0 Å². The Kier molecular flexibility index (Phi) is 4.79. The van der Waals surface area contributed by atoms with Crippen LogP contribution < -0.4 is 10.1 Å². The van der Waals surface area contributed by atoms with E-state index in [1.165, 1.54) is 16.4 Å².